The molecule has 0 aromatic heterocycles. The molecule has 0 aliphatic carbocycles. The average Bonchev–Trinajstić information content (AvgIpc) is 2.88. The Morgan fingerprint density at radius 3 is 1.76 bits per heavy atom. The Bertz CT molecular complexity index is 1290. The Balaban J connectivity index is 1.65. The molecule has 0 saturated heterocycles. The zero-order valence-corrected chi connectivity index (χ0v) is 19.6. The normalized spacial score (nSPS) is 11.1. The number of carbonyl (C=O) groups is 3. The lowest BCUT2D eigenvalue weighted by Gasteiger charge is -2.18. The maximum Gasteiger partial charge on any atom is 0.269 e. The van der Waals surface area contributed by atoms with Crippen LogP contribution in [0.3, 0.4) is 0 Å². The number of nitrogens with zero attached hydrogens (tertiary/aromatic N) is 1. The van der Waals surface area contributed by atoms with E-state index in [0.29, 0.717) is 24.2 Å². The number of benzene rings is 3. The Morgan fingerprint density at radius 2 is 1.18 bits per heavy atom. The molecule has 3 aromatic rings. The molecule has 0 radical (unpaired) electrons. The molecule has 0 fully saturated rings. The van der Waals surface area contributed by atoms with Gasteiger partial charge in [-0.25, -0.2) is 8.42 Å². The van der Waals surface area contributed by atoms with Gasteiger partial charge in [-0.1, -0.05) is 62.4 Å². The van der Waals surface area contributed by atoms with Crippen molar-refractivity contribution in [3.8, 4) is 0 Å². The van der Waals surface area contributed by atoms with Gasteiger partial charge in [0.15, 0.2) is 5.78 Å². The number of hydrogen-bond acceptors (Lipinski definition) is 5. The molecule has 8 nitrogen and oxygen atoms in total. The van der Waals surface area contributed by atoms with Crippen molar-refractivity contribution in [2.24, 2.45) is 0 Å². The minimum absolute atomic E-state index is 0.00570. The van der Waals surface area contributed by atoms with Crippen molar-refractivity contribution in [2.75, 3.05) is 13.1 Å². The van der Waals surface area contributed by atoms with Gasteiger partial charge < -0.3 is 0 Å². The van der Waals surface area contributed by atoms with E-state index in [2.05, 4.69) is 10.9 Å². The molecule has 0 aliphatic heterocycles. The molecule has 0 aliphatic rings. The first-order valence-corrected chi connectivity index (χ1v) is 12.1. The van der Waals surface area contributed by atoms with Gasteiger partial charge in [0.1, 0.15) is 0 Å². The summed E-state index contributed by atoms with van der Waals surface area (Å²) in [5, 5.41) is 0. The first kappa shape index (κ1) is 24.8. The molecule has 0 saturated carbocycles. The number of rotatable bonds is 8. The van der Waals surface area contributed by atoms with E-state index in [-0.39, 0.29) is 21.8 Å². The van der Waals surface area contributed by atoms with Crippen LogP contribution in [-0.2, 0) is 10.0 Å². The average molecular weight is 480 g/mol. The fourth-order valence-electron chi connectivity index (χ4n) is 3.30. The number of ketones is 1. The quantitative estimate of drug-likeness (QED) is 0.381. The van der Waals surface area contributed by atoms with Gasteiger partial charge in [0.05, 0.1) is 4.90 Å². The molecular weight excluding hydrogens is 454 g/mol. The maximum absolute atomic E-state index is 12.7. The van der Waals surface area contributed by atoms with E-state index in [1.54, 1.807) is 38.1 Å². The summed E-state index contributed by atoms with van der Waals surface area (Å²) in [6.07, 6.45) is 0. The predicted molar refractivity (Wildman–Crippen MR) is 128 cm³/mol. The molecular formula is C25H25N3O5S. The minimum atomic E-state index is -3.72. The Kier molecular flexibility index (Phi) is 7.93. The summed E-state index contributed by atoms with van der Waals surface area (Å²) < 4.78 is 26.7. The van der Waals surface area contributed by atoms with Crippen molar-refractivity contribution in [1.82, 2.24) is 15.2 Å². The van der Waals surface area contributed by atoms with E-state index in [1.807, 2.05) is 6.07 Å². The Hall–Kier alpha value is -3.82. The molecule has 0 unspecified atom stereocenters. The number of sulfonamides is 1. The fourth-order valence-corrected chi connectivity index (χ4v) is 4.80. The lowest BCUT2D eigenvalue weighted by Crippen LogP contribution is -2.41. The van der Waals surface area contributed by atoms with Crippen molar-refractivity contribution in [1.29, 1.82) is 0 Å². The number of amides is 2. The van der Waals surface area contributed by atoms with E-state index in [1.165, 1.54) is 52.8 Å². The van der Waals surface area contributed by atoms with Crippen molar-refractivity contribution < 1.29 is 22.8 Å². The smallest absolute Gasteiger partial charge is 0.269 e. The standard InChI is InChI=1S/C25H25N3O5S/c1-3-28(4-2)34(32,33)22-12-8-11-21(17-22)25(31)27-26-24(30)20-15-13-19(14-16-20)23(29)18-9-6-5-7-10-18/h5-17H,3-4H2,1-2H3,(H,26,30)(H,27,31). The Labute approximate surface area is 198 Å². The number of hydrazine groups is 1. The van der Waals surface area contributed by atoms with Crippen LogP contribution in [-0.4, -0.2) is 43.4 Å². The van der Waals surface area contributed by atoms with Crippen LogP contribution >= 0.6 is 0 Å². The van der Waals surface area contributed by atoms with Crippen LogP contribution in [0.5, 0.6) is 0 Å². The molecule has 2 N–H and O–H groups in total. The third-order valence-electron chi connectivity index (χ3n) is 5.17. The summed E-state index contributed by atoms with van der Waals surface area (Å²) in [6, 6.07) is 20.4. The molecule has 0 spiro atoms. The maximum atomic E-state index is 12.7. The van der Waals surface area contributed by atoms with E-state index in [4.69, 9.17) is 0 Å². The second-order valence-corrected chi connectivity index (χ2v) is 9.24. The van der Waals surface area contributed by atoms with Crippen LogP contribution < -0.4 is 10.9 Å². The van der Waals surface area contributed by atoms with Crippen LogP contribution in [0.15, 0.2) is 83.8 Å². The highest BCUT2D eigenvalue weighted by Gasteiger charge is 2.22. The number of hydrogen-bond donors (Lipinski definition) is 2. The van der Waals surface area contributed by atoms with Crippen molar-refractivity contribution in [3.05, 3.63) is 101 Å². The van der Waals surface area contributed by atoms with Gasteiger partial charge in [0.25, 0.3) is 11.8 Å². The summed E-state index contributed by atoms with van der Waals surface area (Å²) in [4.78, 5) is 37.4. The zero-order valence-electron chi connectivity index (χ0n) is 18.8. The van der Waals surface area contributed by atoms with Crippen LogP contribution in [0.4, 0.5) is 0 Å². The molecule has 0 heterocycles. The van der Waals surface area contributed by atoms with Crippen LogP contribution in [0.25, 0.3) is 0 Å². The lowest BCUT2D eigenvalue weighted by atomic mass is 10.0. The summed E-state index contributed by atoms with van der Waals surface area (Å²) in [6.45, 7) is 4.08. The predicted octanol–water partition coefficient (Wildman–Crippen LogP) is 3.02. The van der Waals surface area contributed by atoms with E-state index >= 15 is 0 Å². The van der Waals surface area contributed by atoms with Crippen molar-refractivity contribution in [2.45, 2.75) is 18.7 Å². The van der Waals surface area contributed by atoms with Gasteiger partial charge >= 0.3 is 0 Å². The van der Waals surface area contributed by atoms with Crippen molar-refractivity contribution in [3.63, 3.8) is 0 Å². The molecule has 9 heteroatoms. The summed E-state index contributed by atoms with van der Waals surface area (Å²) in [7, 11) is -3.72. The fraction of sp³-hybridized carbons (Fsp3) is 0.160. The molecule has 0 atom stereocenters. The van der Waals surface area contributed by atoms with Gasteiger partial charge in [-0.15, -0.1) is 0 Å². The van der Waals surface area contributed by atoms with Gasteiger partial charge in [-0.2, -0.15) is 4.31 Å². The van der Waals surface area contributed by atoms with E-state index in [0.717, 1.165) is 0 Å². The molecule has 3 rings (SSSR count). The molecule has 3 aromatic carbocycles. The summed E-state index contributed by atoms with van der Waals surface area (Å²) in [5.41, 5.74) is 5.87. The topological polar surface area (TPSA) is 113 Å². The van der Waals surface area contributed by atoms with Crippen LogP contribution in [0.2, 0.25) is 0 Å². The summed E-state index contributed by atoms with van der Waals surface area (Å²) in [5.74, 6) is -1.42. The molecule has 34 heavy (non-hydrogen) atoms. The van der Waals surface area contributed by atoms with Crippen molar-refractivity contribution >= 4 is 27.6 Å². The second kappa shape index (κ2) is 10.9. The van der Waals surface area contributed by atoms with Crippen LogP contribution in [0.1, 0.15) is 50.5 Å². The van der Waals surface area contributed by atoms with Crippen LogP contribution in [0, 0.1) is 0 Å². The van der Waals surface area contributed by atoms with Gasteiger partial charge in [0, 0.05) is 35.3 Å². The third kappa shape index (κ3) is 5.56. The van der Waals surface area contributed by atoms with E-state index in [9.17, 15) is 22.8 Å². The first-order valence-electron chi connectivity index (χ1n) is 10.7. The molecule has 2 amide bonds. The lowest BCUT2D eigenvalue weighted by molar-refractivity contribution is 0.0846. The summed E-state index contributed by atoms with van der Waals surface area (Å²) >= 11 is 0. The highest BCUT2D eigenvalue weighted by molar-refractivity contribution is 7.89. The van der Waals surface area contributed by atoms with Gasteiger partial charge in [0.2, 0.25) is 10.0 Å². The number of nitrogens with one attached hydrogen (secondary N) is 2. The van der Waals surface area contributed by atoms with E-state index < -0.39 is 21.8 Å². The van der Waals surface area contributed by atoms with Gasteiger partial charge in [-0.3, -0.25) is 25.2 Å². The minimum Gasteiger partial charge on any atom is -0.289 e. The number of carbonyl (C=O) groups excluding carboxylic acids is 3. The highest BCUT2D eigenvalue weighted by Crippen LogP contribution is 2.17. The SMILES string of the molecule is CCN(CC)S(=O)(=O)c1cccc(C(=O)NNC(=O)c2ccc(C(=O)c3ccccc3)cc2)c1. The highest BCUT2D eigenvalue weighted by atomic mass is 32.2. The monoisotopic (exact) mass is 479 g/mol. The molecule has 0 bridgehead atoms. The zero-order chi connectivity index (χ0) is 24.7. The first-order chi connectivity index (χ1) is 16.3. The largest absolute Gasteiger partial charge is 0.289 e. The third-order valence-corrected chi connectivity index (χ3v) is 7.22. The van der Waals surface area contributed by atoms with Gasteiger partial charge in [-0.05, 0) is 30.3 Å². The second-order valence-electron chi connectivity index (χ2n) is 7.30. The molecule has 176 valence electrons. The Morgan fingerprint density at radius 1 is 0.676 bits per heavy atom.